The smallest absolute Gasteiger partial charge is 0.142 e. The molecule has 10 rings (SSSR count). The topological polar surface area (TPSA) is 0 Å². The molecule has 1 atom stereocenters. The number of fused-ring (bicyclic) bond motifs is 3. The summed E-state index contributed by atoms with van der Waals surface area (Å²) in [6.45, 7) is 42.9. The molecule has 0 bridgehead atoms. The van der Waals surface area contributed by atoms with Gasteiger partial charge in [-0.1, -0.05) is 269 Å². The van der Waals surface area contributed by atoms with Gasteiger partial charge in [0.1, 0.15) is 5.82 Å². The van der Waals surface area contributed by atoms with Gasteiger partial charge in [-0.15, -0.1) is 0 Å². The molecule has 0 aliphatic heterocycles. The van der Waals surface area contributed by atoms with Crippen LogP contribution >= 0.6 is 34.8 Å². The Bertz CT molecular complexity index is 2670. The van der Waals surface area contributed by atoms with Crippen molar-refractivity contribution in [3.05, 3.63) is 235 Å². The molecule has 8 aromatic carbocycles. The minimum atomic E-state index is -0.358. The average Bonchev–Trinajstić information content (AvgIpc) is 4.31. The van der Waals surface area contributed by atoms with Gasteiger partial charge in [-0.05, 0) is 178 Å². The van der Waals surface area contributed by atoms with Crippen LogP contribution in [0.5, 0.6) is 0 Å². The van der Waals surface area contributed by atoms with Crippen LogP contribution in [0.4, 0.5) is 4.39 Å². The van der Waals surface area contributed by atoms with Crippen molar-refractivity contribution in [2.24, 2.45) is 11.8 Å². The Morgan fingerprint density at radius 1 is 0.368 bits per heavy atom. The molecule has 76 heavy (non-hydrogen) atoms. The fraction of sp³-hybridized carbons (Fsp3) is 0.361. The highest BCUT2D eigenvalue weighted by Gasteiger charge is 2.31. The summed E-state index contributed by atoms with van der Waals surface area (Å²) in [5.74, 6) is 1.59. The van der Waals surface area contributed by atoms with Gasteiger partial charge in [0.05, 0.1) is 5.02 Å². The lowest BCUT2D eigenvalue weighted by molar-refractivity contribution is 0.539. The van der Waals surface area contributed by atoms with Crippen LogP contribution in [-0.2, 0) is 0 Å². The fourth-order valence-electron chi connectivity index (χ4n) is 7.90. The number of hydrogen-bond donors (Lipinski definition) is 0. The highest BCUT2D eigenvalue weighted by Crippen LogP contribution is 2.43. The molecule has 2 aliphatic carbocycles. The Labute approximate surface area is 479 Å². The van der Waals surface area contributed by atoms with E-state index in [1.165, 1.54) is 85.8 Å². The van der Waals surface area contributed by atoms with E-state index >= 15 is 0 Å². The summed E-state index contributed by atoms with van der Waals surface area (Å²) in [5.41, 5.74) is 11.7. The third kappa shape index (κ3) is 24.9. The second-order valence-corrected chi connectivity index (χ2v) is 18.2. The monoisotopic (exact) mass is 1090 g/mol. The van der Waals surface area contributed by atoms with Crippen molar-refractivity contribution in [3.8, 4) is 0 Å². The summed E-state index contributed by atoms with van der Waals surface area (Å²) in [7, 11) is 0. The molecule has 0 radical (unpaired) electrons. The molecule has 1 saturated carbocycles. The third-order valence-corrected chi connectivity index (χ3v) is 13.2. The Hall–Kier alpha value is -5.18. The van der Waals surface area contributed by atoms with Crippen LogP contribution < -0.4 is 0 Å². The number of halogens is 4. The van der Waals surface area contributed by atoms with Crippen LogP contribution in [0.1, 0.15) is 154 Å². The Kier molecular flexibility index (Phi) is 41.1. The van der Waals surface area contributed by atoms with Gasteiger partial charge in [0.15, 0.2) is 0 Å². The molecule has 0 spiro atoms. The van der Waals surface area contributed by atoms with Gasteiger partial charge < -0.3 is 0 Å². The van der Waals surface area contributed by atoms with Crippen molar-refractivity contribution >= 4 is 67.1 Å². The van der Waals surface area contributed by atoms with E-state index in [1.54, 1.807) is 11.6 Å². The summed E-state index contributed by atoms with van der Waals surface area (Å²) in [4.78, 5) is 0. The van der Waals surface area contributed by atoms with Gasteiger partial charge in [0.2, 0.25) is 0 Å². The first-order chi connectivity index (χ1) is 36.7. The lowest BCUT2D eigenvalue weighted by atomic mass is 9.89. The Morgan fingerprint density at radius 2 is 0.724 bits per heavy atom. The summed E-state index contributed by atoms with van der Waals surface area (Å²) in [5, 5.41) is 8.82. The maximum absolute atomic E-state index is 13.1. The normalized spacial score (nSPS) is 12.0. The molecule has 0 N–H and O–H groups in total. The first-order valence-corrected chi connectivity index (χ1v) is 29.3. The summed E-state index contributed by atoms with van der Waals surface area (Å²) < 4.78 is 13.1. The zero-order chi connectivity index (χ0) is 58.3. The van der Waals surface area contributed by atoms with Crippen molar-refractivity contribution in [3.63, 3.8) is 0 Å². The second kappa shape index (κ2) is 42.9. The second-order valence-electron chi connectivity index (χ2n) is 17.0. The van der Waals surface area contributed by atoms with E-state index in [9.17, 15) is 4.39 Å². The molecule has 0 aromatic heterocycles. The molecule has 8 aromatic rings. The molecular weight excluding hydrogens is 990 g/mol. The average molecular weight is 1090 g/mol. The highest BCUT2D eigenvalue weighted by molar-refractivity contribution is 6.36. The summed E-state index contributed by atoms with van der Waals surface area (Å²) in [6.07, 6.45) is 11.0. The standard InChI is InChI=1S/C12H12.C11H8ClF.C11H9Cl.C10H14.C8H9Cl.C8H10.6C2H6/c1-9-5-3-7-11-8-4-6-10(2)12(9)11;1-7-3-2-4-8-5-6-9(13)11(12)10(7)8;1-8-4-2-5-9-6-3-7-10(12)11(8)9;1-8-4-2-3-5-10(8)9-6-7-9;1-6-4-3-5-8(9)7(6)2;1-7-5-3-4-6-8(7)2;6*1-2/h3-8H,1-2H3;2-6H,1H3;2-7H,1H3;2-4,9-10H,5-7H2,1H3;3-5H,1-2H3;3-6H,1-2H3;6*1-2H3. The Balaban J connectivity index is 0. The van der Waals surface area contributed by atoms with E-state index < -0.39 is 0 Å². The fourth-order valence-corrected chi connectivity index (χ4v) is 8.78. The number of rotatable bonds is 1. The van der Waals surface area contributed by atoms with Crippen LogP contribution in [0, 0.1) is 73.0 Å². The van der Waals surface area contributed by atoms with Crippen LogP contribution in [-0.4, -0.2) is 0 Å². The predicted molar refractivity (Wildman–Crippen MR) is 349 cm³/mol. The molecule has 0 heterocycles. The summed E-state index contributed by atoms with van der Waals surface area (Å²) >= 11 is 17.7. The van der Waals surface area contributed by atoms with Crippen LogP contribution in [0.15, 0.2) is 169 Å². The van der Waals surface area contributed by atoms with Crippen molar-refractivity contribution in [2.45, 2.75) is 165 Å². The minimum Gasteiger partial charge on any atom is -0.205 e. The molecular formula is C72H98Cl3F. The van der Waals surface area contributed by atoms with Crippen molar-refractivity contribution in [1.29, 1.82) is 0 Å². The van der Waals surface area contributed by atoms with Gasteiger partial charge in [-0.3, -0.25) is 0 Å². The Morgan fingerprint density at radius 3 is 1.11 bits per heavy atom. The van der Waals surface area contributed by atoms with Gasteiger partial charge in [-0.25, -0.2) is 4.39 Å². The van der Waals surface area contributed by atoms with Crippen LogP contribution in [0.2, 0.25) is 15.1 Å². The number of benzene rings is 8. The molecule has 0 saturated heterocycles. The zero-order valence-corrected chi connectivity index (χ0v) is 53.1. The third-order valence-electron chi connectivity index (χ3n) is 12.2. The van der Waals surface area contributed by atoms with Gasteiger partial charge in [0, 0.05) is 20.8 Å². The number of hydrogen-bond acceptors (Lipinski definition) is 0. The predicted octanol–water partition coefficient (Wildman–Crippen LogP) is 25.5. The number of aryl methyl sites for hydroxylation is 7. The van der Waals surface area contributed by atoms with Crippen molar-refractivity contribution < 1.29 is 4.39 Å². The van der Waals surface area contributed by atoms with Crippen molar-refractivity contribution in [2.75, 3.05) is 0 Å². The largest absolute Gasteiger partial charge is 0.205 e. The van der Waals surface area contributed by atoms with E-state index in [1.807, 2.05) is 145 Å². The maximum atomic E-state index is 13.1. The van der Waals surface area contributed by atoms with Crippen molar-refractivity contribution in [1.82, 2.24) is 0 Å². The zero-order valence-electron chi connectivity index (χ0n) is 50.9. The highest BCUT2D eigenvalue weighted by atomic mass is 35.5. The van der Waals surface area contributed by atoms with E-state index in [4.69, 9.17) is 34.8 Å². The van der Waals surface area contributed by atoms with Gasteiger partial charge >= 0.3 is 0 Å². The SMILES string of the molecule is CC.CC.CC.CC.CC.CC.CC1=CC=CCC1C1CC1.Cc1cccc(Cl)c1C.Cc1cccc2ccc(F)c(Cl)c12.Cc1cccc2cccc(C)c12.Cc1cccc2cccc(Cl)c12.Cc1ccccc1C. The maximum Gasteiger partial charge on any atom is 0.142 e. The van der Waals surface area contributed by atoms with Gasteiger partial charge in [-0.2, -0.15) is 0 Å². The molecule has 4 heteroatoms. The molecule has 414 valence electrons. The van der Waals surface area contributed by atoms with E-state index in [2.05, 4.69) is 152 Å². The van der Waals surface area contributed by atoms with Crippen LogP contribution in [0.25, 0.3) is 32.3 Å². The lowest BCUT2D eigenvalue weighted by Gasteiger charge is -2.17. The lowest BCUT2D eigenvalue weighted by Crippen LogP contribution is -2.05. The molecule has 0 amide bonds. The molecule has 0 nitrogen and oxygen atoms in total. The van der Waals surface area contributed by atoms with Crippen LogP contribution in [0.3, 0.4) is 0 Å². The van der Waals surface area contributed by atoms with E-state index in [0.29, 0.717) is 0 Å². The molecule has 1 unspecified atom stereocenters. The van der Waals surface area contributed by atoms with E-state index in [0.717, 1.165) is 38.2 Å². The molecule has 2 aliphatic rings. The summed E-state index contributed by atoms with van der Waals surface area (Å²) in [6, 6.07) is 48.3. The van der Waals surface area contributed by atoms with E-state index in [-0.39, 0.29) is 10.8 Å². The quantitative estimate of drug-likeness (QED) is 0.154. The minimum absolute atomic E-state index is 0.218. The first kappa shape index (κ1) is 72.9. The van der Waals surface area contributed by atoms with Gasteiger partial charge in [0.25, 0.3) is 0 Å². The molecule has 1 fully saturated rings. The number of allylic oxidation sites excluding steroid dienone is 4. The first-order valence-electron chi connectivity index (χ1n) is 28.2.